The number of aromatic nitrogens is 6. The first-order valence-electron chi connectivity index (χ1n) is 7.16. The quantitative estimate of drug-likeness (QED) is 0.491. The van der Waals surface area contributed by atoms with Gasteiger partial charge in [0.1, 0.15) is 0 Å². The zero-order valence-electron chi connectivity index (χ0n) is 12.4. The smallest absolute Gasteiger partial charge is 0.237 e. The van der Waals surface area contributed by atoms with Crippen LogP contribution in [0.2, 0.25) is 0 Å². The van der Waals surface area contributed by atoms with Gasteiger partial charge >= 0.3 is 0 Å². The number of thioether (sulfide) groups is 1. The molecule has 0 N–H and O–H groups in total. The molecule has 0 spiro atoms. The summed E-state index contributed by atoms with van der Waals surface area (Å²) in [6.07, 6.45) is 0. The summed E-state index contributed by atoms with van der Waals surface area (Å²) in [6.45, 7) is 0.625. The molecule has 1 aromatic carbocycles. The molecule has 3 aromatic heterocycles. The number of thiophene rings is 1. The molecule has 3 heterocycles. The van der Waals surface area contributed by atoms with E-state index in [0.29, 0.717) is 29.2 Å². The molecular formula is C15H12N6OS2. The largest absolute Gasteiger partial charge is 0.338 e. The van der Waals surface area contributed by atoms with E-state index in [4.69, 9.17) is 4.52 Å². The summed E-state index contributed by atoms with van der Waals surface area (Å²) in [5.74, 6) is 1.68. The van der Waals surface area contributed by atoms with Crippen LogP contribution in [-0.4, -0.2) is 30.3 Å². The maximum absolute atomic E-state index is 5.29. The summed E-state index contributed by atoms with van der Waals surface area (Å²) < 4.78 is 7.05. The maximum atomic E-state index is 5.29. The average molecular weight is 356 g/mol. The Morgan fingerprint density at radius 3 is 2.92 bits per heavy atom. The van der Waals surface area contributed by atoms with Crippen LogP contribution in [0.5, 0.6) is 0 Å². The van der Waals surface area contributed by atoms with Crippen molar-refractivity contribution < 1.29 is 4.52 Å². The monoisotopic (exact) mass is 356 g/mol. The van der Waals surface area contributed by atoms with Gasteiger partial charge in [-0.05, 0) is 27.4 Å². The minimum Gasteiger partial charge on any atom is -0.338 e. The van der Waals surface area contributed by atoms with E-state index in [-0.39, 0.29) is 0 Å². The average Bonchev–Trinajstić information content (AvgIpc) is 3.36. The van der Waals surface area contributed by atoms with Crippen LogP contribution in [0.25, 0.3) is 11.4 Å². The van der Waals surface area contributed by atoms with Gasteiger partial charge in [-0.1, -0.05) is 47.3 Å². The minimum atomic E-state index is 0.520. The molecule has 9 heteroatoms. The molecule has 0 bridgehead atoms. The Hall–Kier alpha value is -2.52. The Bertz CT molecular complexity index is 903. The summed E-state index contributed by atoms with van der Waals surface area (Å²) in [7, 11) is 0. The zero-order chi connectivity index (χ0) is 16.2. The van der Waals surface area contributed by atoms with Crippen molar-refractivity contribution in [2.75, 3.05) is 0 Å². The van der Waals surface area contributed by atoms with E-state index < -0.39 is 0 Å². The van der Waals surface area contributed by atoms with E-state index in [1.807, 2.05) is 47.2 Å². The molecule has 0 fully saturated rings. The van der Waals surface area contributed by atoms with Crippen LogP contribution in [0.15, 0.2) is 56.8 Å². The van der Waals surface area contributed by atoms with Crippen LogP contribution < -0.4 is 0 Å². The summed E-state index contributed by atoms with van der Waals surface area (Å²) in [5, 5.41) is 20.5. The van der Waals surface area contributed by atoms with Crippen LogP contribution in [0.1, 0.15) is 11.5 Å². The highest BCUT2D eigenvalue weighted by Crippen LogP contribution is 2.23. The molecule has 0 aliphatic rings. The van der Waals surface area contributed by atoms with Gasteiger partial charge in [-0.2, -0.15) is 16.3 Å². The molecule has 0 radical (unpaired) electrons. The first kappa shape index (κ1) is 15.0. The number of hydrogen-bond donors (Lipinski definition) is 0. The third kappa shape index (κ3) is 3.36. The lowest BCUT2D eigenvalue weighted by Crippen LogP contribution is -2.03. The van der Waals surface area contributed by atoms with E-state index in [9.17, 15) is 0 Å². The van der Waals surface area contributed by atoms with Gasteiger partial charge in [0.2, 0.25) is 16.9 Å². The molecule has 120 valence electrons. The molecule has 0 aliphatic carbocycles. The molecule has 7 nitrogen and oxygen atoms in total. The fourth-order valence-electron chi connectivity index (χ4n) is 2.10. The number of tetrazole rings is 1. The van der Waals surface area contributed by atoms with Crippen LogP contribution in [0.3, 0.4) is 0 Å². The molecule has 0 saturated heterocycles. The first-order valence-corrected chi connectivity index (χ1v) is 9.09. The highest BCUT2D eigenvalue weighted by molar-refractivity contribution is 7.98. The van der Waals surface area contributed by atoms with Gasteiger partial charge in [-0.3, -0.25) is 0 Å². The van der Waals surface area contributed by atoms with Gasteiger partial charge in [0.25, 0.3) is 0 Å². The van der Waals surface area contributed by atoms with Gasteiger partial charge in [0.05, 0.1) is 12.3 Å². The third-order valence-corrected chi connectivity index (χ3v) is 4.87. The predicted molar refractivity (Wildman–Crippen MR) is 90.5 cm³/mol. The molecule has 0 amide bonds. The number of hydrogen-bond acceptors (Lipinski definition) is 8. The Morgan fingerprint density at radius 2 is 2.08 bits per heavy atom. The van der Waals surface area contributed by atoms with Crippen molar-refractivity contribution >= 4 is 23.1 Å². The van der Waals surface area contributed by atoms with Crippen LogP contribution in [0, 0.1) is 0 Å². The molecule has 0 atom stereocenters. The van der Waals surface area contributed by atoms with E-state index >= 15 is 0 Å². The molecule has 4 aromatic rings. The molecule has 0 aliphatic heterocycles. The Morgan fingerprint density at radius 1 is 1.17 bits per heavy atom. The zero-order valence-corrected chi connectivity index (χ0v) is 14.1. The number of rotatable bonds is 6. The fourth-order valence-corrected chi connectivity index (χ4v) is 3.45. The second-order valence-electron chi connectivity index (χ2n) is 4.92. The second-order valence-corrected chi connectivity index (χ2v) is 6.64. The molecule has 0 unspecified atom stereocenters. The van der Waals surface area contributed by atoms with Crippen molar-refractivity contribution in [3.8, 4) is 11.4 Å². The van der Waals surface area contributed by atoms with Crippen molar-refractivity contribution in [2.45, 2.75) is 17.5 Å². The fraction of sp³-hybridized carbons (Fsp3) is 0.133. The first-order chi connectivity index (χ1) is 11.9. The maximum Gasteiger partial charge on any atom is 0.237 e. The Balaban J connectivity index is 1.43. The normalized spacial score (nSPS) is 11.0. The van der Waals surface area contributed by atoms with Crippen LogP contribution in [-0.2, 0) is 12.3 Å². The molecular weight excluding hydrogens is 344 g/mol. The van der Waals surface area contributed by atoms with Crippen LogP contribution >= 0.6 is 23.1 Å². The Kier molecular flexibility index (Phi) is 4.34. The number of benzene rings is 1. The van der Waals surface area contributed by atoms with Crippen molar-refractivity contribution in [1.82, 2.24) is 30.3 Å². The van der Waals surface area contributed by atoms with E-state index in [1.54, 1.807) is 16.0 Å². The lowest BCUT2D eigenvalue weighted by Gasteiger charge is -2.03. The Labute approximate surface area is 145 Å². The molecule has 4 rings (SSSR count). The van der Waals surface area contributed by atoms with E-state index in [0.717, 1.165) is 11.1 Å². The SMILES string of the molecule is c1ccc(Cn2nnnc2SCc2nc(-c3ccsc3)no2)cc1. The van der Waals surface area contributed by atoms with Gasteiger partial charge in [0.15, 0.2) is 0 Å². The number of nitrogens with zero attached hydrogens (tertiary/aromatic N) is 6. The van der Waals surface area contributed by atoms with Crippen molar-refractivity contribution in [1.29, 1.82) is 0 Å². The lowest BCUT2D eigenvalue weighted by atomic mass is 10.2. The second kappa shape index (κ2) is 6.93. The van der Waals surface area contributed by atoms with E-state index in [1.165, 1.54) is 11.8 Å². The standard InChI is InChI=1S/C15H12N6OS2/c1-2-4-11(5-3-1)8-21-15(17-19-20-21)24-10-13-16-14(18-22-13)12-6-7-23-9-12/h1-7,9H,8,10H2. The lowest BCUT2D eigenvalue weighted by molar-refractivity contribution is 0.391. The highest BCUT2D eigenvalue weighted by Gasteiger charge is 2.12. The predicted octanol–water partition coefficient (Wildman–Crippen LogP) is 3.13. The van der Waals surface area contributed by atoms with Gasteiger partial charge < -0.3 is 4.52 Å². The van der Waals surface area contributed by atoms with Crippen molar-refractivity contribution in [3.05, 3.63) is 58.6 Å². The molecule has 0 saturated carbocycles. The van der Waals surface area contributed by atoms with E-state index in [2.05, 4.69) is 25.7 Å². The van der Waals surface area contributed by atoms with Crippen LogP contribution in [0.4, 0.5) is 0 Å². The summed E-state index contributed by atoms with van der Waals surface area (Å²) in [6, 6.07) is 12.0. The molecule has 24 heavy (non-hydrogen) atoms. The summed E-state index contributed by atoms with van der Waals surface area (Å²) in [4.78, 5) is 4.40. The highest BCUT2D eigenvalue weighted by atomic mass is 32.2. The van der Waals surface area contributed by atoms with Crippen molar-refractivity contribution in [3.63, 3.8) is 0 Å². The van der Waals surface area contributed by atoms with Gasteiger partial charge in [0, 0.05) is 10.9 Å². The summed E-state index contributed by atoms with van der Waals surface area (Å²) >= 11 is 3.07. The third-order valence-electron chi connectivity index (χ3n) is 3.25. The topological polar surface area (TPSA) is 82.5 Å². The summed E-state index contributed by atoms with van der Waals surface area (Å²) in [5.41, 5.74) is 2.11. The minimum absolute atomic E-state index is 0.520. The van der Waals surface area contributed by atoms with Gasteiger partial charge in [-0.15, -0.1) is 5.10 Å². The van der Waals surface area contributed by atoms with Crippen molar-refractivity contribution in [2.24, 2.45) is 0 Å². The van der Waals surface area contributed by atoms with Gasteiger partial charge in [-0.25, -0.2) is 4.68 Å².